The van der Waals surface area contributed by atoms with Crippen LogP contribution in [0.1, 0.15) is 32.3 Å². The highest BCUT2D eigenvalue weighted by Crippen LogP contribution is 2.35. The number of hydrogen-bond acceptors (Lipinski definition) is 2. The Bertz CT molecular complexity index is 429. The fourth-order valence-corrected chi connectivity index (χ4v) is 3.49. The molecule has 2 rings (SSSR count). The van der Waals surface area contributed by atoms with E-state index in [0.29, 0.717) is 6.04 Å². The predicted molar refractivity (Wildman–Crippen MR) is 82.4 cm³/mol. The van der Waals surface area contributed by atoms with Gasteiger partial charge in [0.2, 0.25) is 0 Å². The summed E-state index contributed by atoms with van der Waals surface area (Å²) in [6.45, 7) is 8.01. The highest BCUT2D eigenvalue weighted by molar-refractivity contribution is 9.10. The third-order valence-corrected chi connectivity index (χ3v) is 4.53. The van der Waals surface area contributed by atoms with E-state index in [1.54, 1.807) is 0 Å². The van der Waals surface area contributed by atoms with Crippen molar-refractivity contribution in [2.45, 2.75) is 45.2 Å². The maximum absolute atomic E-state index is 3.54. The lowest BCUT2D eigenvalue weighted by Crippen LogP contribution is -2.54. The van der Waals surface area contributed by atoms with E-state index in [1.807, 2.05) is 0 Å². The van der Waals surface area contributed by atoms with Crippen LogP contribution in [-0.4, -0.2) is 25.2 Å². The zero-order chi connectivity index (χ0) is 13.3. The Morgan fingerprint density at radius 2 is 2.11 bits per heavy atom. The van der Waals surface area contributed by atoms with Gasteiger partial charge in [-0.1, -0.05) is 15.9 Å². The second kappa shape index (κ2) is 5.22. The largest absolute Gasteiger partial charge is 0.366 e. The van der Waals surface area contributed by atoms with E-state index in [2.05, 4.69) is 72.2 Å². The Kier molecular flexibility index (Phi) is 4.02. The van der Waals surface area contributed by atoms with Crippen molar-refractivity contribution in [1.29, 1.82) is 0 Å². The molecule has 2 nitrogen and oxygen atoms in total. The minimum Gasteiger partial charge on any atom is -0.366 e. The second-order valence-electron chi connectivity index (χ2n) is 5.87. The van der Waals surface area contributed by atoms with Crippen LogP contribution in [0.15, 0.2) is 22.7 Å². The van der Waals surface area contributed by atoms with Crippen LogP contribution in [0, 0.1) is 6.92 Å². The maximum atomic E-state index is 3.54. The van der Waals surface area contributed by atoms with Gasteiger partial charge in [-0.3, -0.25) is 0 Å². The van der Waals surface area contributed by atoms with E-state index < -0.39 is 0 Å². The number of piperidine rings is 1. The lowest BCUT2D eigenvalue weighted by Gasteiger charge is -2.47. The fourth-order valence-electron chi connectivity index (χ4n) is 3.02. The molecule has 0 radical (unpaired) electrons. The summed E-state index contributed by atoms with van der Waals surface area (Å²) in [4.78, 5) is 2.56. The number of nitrogens with one attached hydrogen (secondary N) is 1. The second-order valence-corrected chi connectivity index (χ2v) is 6.79. The van der Waals surface area contributed by atoms with Crippen molar-refractivity contribution in [1.82, 2.24) is 5.32 Å². The van der Waals surface area contributed by atoms with E-state index in [4.69, 9.17) is 0 Å². The normalized spacial score (nSPS) is 23.2. The quantitative estimate of drug-likeness (QED) is 0.895. The van der Waals surface area contributed by atoms with E-state index in [0.717, 1.165) is 11.0 Å². The maximum Gasteiger partial charge on any atom is 0.0401 e. The summed E-state index contributed by atoms with van der Waals surface area (Å²) >= 11 is 3.54. The summed E-state index contributed by atoms with van der Waals surface area (Å²) in [6.07, 6.45) is 2.41. The van der Waals surface area contributed by atoms with Crippen molar-refractivity contribution < 1.29 is 0 Å². The molecule has 0 saturated carbocycles. The summed E-state index contributed by atoms with van der Waals surface area (Å²) in [5.74, 6) is 0. The molecule has 1 fully saturated rings. The van der Waals surface area contributed by atoms with Gasteiger partial charge in [0, 0.05) is 28.3 Å². The summed E-state index contributed by atoms with van der Waals surface area (Å²) < 4.78 is 1.16. The first-order valence-electron chi connectivity index (χ1n) is 6.65. The lowest BCUT2D eigenvalue weighted by atomic mass is 9.86. The number of anilines is 1. The summed E-state index contributed by atoms with van der Waals surface area (Å²) in [6, 6.07) is 7.23. The molecule has 1 aromatic carbocycles. The zero-order valence-electron chi connectivity index (χ0n) is 11.8. The number of benzene rings is 1. The molecule has 0 aliphatic carbocycles. The van der Waals surface area contributed by atoms with Crippen molar-refractivity contribution >= 4 is 21.6 Å². The van der Waals surface area contributed by atoms with Gasteiger partial charge in [-0.15, -0.1) is 0 Å². The number of rotatable bonds is 2. The average Bonchev–Trinajstić information content (AvgIpc) is 2.29. The van der Waals surface area contributed by atoms with Gasteiger partial charge in [-0.05, 0) is 64.4 Å². The molecule has 1 saturated heterocycles. The van der Waals surface area contributed by atoms with Crippen molar-refractivity contribution in [3.05, 3.63) is 28.2 Å². The lowest BCUT2D eigenvalue weighted by molar-refractivity contribution is 0.301. The number of aryl methyl sites for hydroxylation is 1. The van der Waals surface area contributed by atoms with Crippen LogP contribution in [0.3, 0.4) is 0 Å². The molecule has 1 unspecified atom stereocenters. The van der Waals surface area contributed by atoms with E-state index in [1.165, 1.54) is 24.1 Å². The Hall–Kier alpha value is -0.540. The van der Waals surface area contributed by atoms with Crippen molar-refractivity contribution in [3.63, 3.8) is 0 Å². The summed E-state index contributed by atoms with van der Waals surface area (Å²) in [7, 11) is 2.07. The Morgan fingerprint density at radius 3 is 2.67 bits per heavy atom. The average molecular weight is 311 g/mol. The first-order valence-corrected chi connectivity index (χ1v) is 7.44. The molecule has 1 heterocycles. The van der Waals surface area contributed by atoms with Crippen LogP contribution in [0.4, 0.5) is 5.69 Å². The van der Waals surface area contributed by atoms with Gasteiger partial charge in [0.05, 0.1) is 0 Å². The molecule has 0 spiro atoms. The fraction of sp³-hybridized carbons (Fsp3) is 0.600. The Morgan fingerprint density at radius 1 is 1.39 bits per heavy atom. The minimum atomic E-state index is 0.213. The standard InChI is InChI=1S/C15H23BrN2/c1-11-9-12(16)5-6-14(11)18-8-7-13(17-4)10-15(18,2)3/h5-6,9,13,17H,7-8,10H2,1-4H3. The van der Waals surface area contributed by atoms with Gasteiger partial charge in [0.15, 0.2) is 0 Å². The van der Waals surface area contributed by atoms with Crippen LogP contribution >= 0.6 is 15.9 Å². The number of hydrogen-bond donors (Lipinski definition) is 1. The van der Waals surface area contributed by atoms with Gasteiger partial charge >= 0.3 is 0 Å². The topological polar surface area (TPSA) is 15.3 Å². The SMILES string of the molecule is CNC1CCN(c2ccc(Br)cc2C)C(C)(C)C1. The molecule has 0 bridgehead atoms. The molecule has 0 aromatic heterocycles. The van der Waals surface area contributed by atoms with Crippen molar-refractivity contribution in [2.24, 2.45) is 0 Å². The van der Waals surface area contributed by atoms with E-state index >= 15 is 0 Å². The molecule has 3 heteroatoms. The molecule has 18 heavy (non-hydrogen) atoms. The van der Waals surface area contributed by atoms with Gasteiger partial charge < -0.3 is 10.2 Å². The third kappa shape index (κ3) is 2.72. The van der Waals surface area contributed by atoms with Crippen LogP contribution in [0.25, 0.3) is 0 Å². The summed E-state index contributed by atoms with van der Waals surface area (Å²) in [5, 5.41) is 3.42. The molecule has 1 aliphatic heterocycles. The van der Waals surface area contributed by atoms with Crippen LogP contribution < -0.4 is 10.2 Å². The van der Waals surface area contributed by atoms with Gasteiger partial charge in [0.1, 0.15) is 0 Å². The van der Waals surface area contributed by atoms with Gasteiger partial charge in [-0.25, -0.2) is 0 Å². The molecule has 1 aliphatic rings. The van der Waals surface area contributed by atoms with Gasteiger partial charge in [-0.2, -0.15) is 0 Å². The number of nitrogens with zero attached hydrogens (tertiary/aromatic N) is 1. The molecule has 0 amide bonds. The molecule has 1 aromatic rings. The van der Waals surface area contributed by atoms with E-state index in [-0.39, 0.29) is 5.54 Å². The van der Waals surface area contributed by atoms with E-state index in [9.17, 15) is 0 Å². The highest BCUT2D eigenvalue weighted by Gasteiger charge is 2.34. The van der Waals surface area contributed by atoms with Crippen molar-refractivity contribution in [3.8, 4) is 0 Å². The Labute approximate surface area is 119 Å². The number of halogens is 1. The molecular weight excluding hydrogens is 288 g/mol. The monoisotopic (exact) mass is 310 g/mol. The van der Waals surface area contributed by atoms with Crippen LogP contribution in [-0.2, 0) is 0 Å². The zero-order valence-corrected chi connectivity index (χ0v) is 13.3. The molecule has 100 valence electrons. The highest BCUT2D eigenvalue weighted by atomic mass is 79.9. The van der Waals surface area contributed by atoms with Crippen LogP contribution in [0.2, 0.25) is 0 Å². The molecule has 1 N–H and O–H groups in total. The summed E-state index contributed by atoms with van der Waals surface area (Å²) in [5.41, 5.74) is 2.93. The van der Waals surface area contributed by atoms with Crippen LogP contribution in [0.5, 0.6) is 0 Å². The Balaban J connectivity index is 2.27. The molecular formula is C15H23BrN2. The predicted octanol–water partition coefficient (Wildman–Crippen LogP) is 3.72. The minimum absolute atomic E-state index is 0.213. The first-order chi connectivity index (χ1) is 8.44. The third-order valence-electron chi connectivity index (χ3n) is 4.04. The molecule has 1 atom stereocenters. The van der Waals surface area contributed by atoms with Crippen molar-refractivity contribution in [2.75, 3.05) is 18.5 Å². The smallest absolute Gasteiger partial charge is 0.0401 e. The van der Waals surface area contributed by atoms with Gasteiger partial charge in [0.25, 0.3) is 0 Å². The first kappa shape index (κ1) is 13.9.